The molecule has 0 aliphatic heterocycles. The van der Waals surface area contributed by atoms with Crippen LogP contribution in [0.15, 0.2) is 47.8 Å². The van der Waals surface area contributed by atoms with E-state index in [4.69, 9.17) is 14.2 Å². The molecule has 1 aromatic heterocycles. The molecule has 0 spiro atoms. The second-order valence-corrected chi connectivity index (χ2v) is 7.49. The number of thiazole rings is 1. The van der Waals surface area contributed by atoms with Crippen molar-refractivity contribution in [2.75, 3.05) is 40.2 Å². The maximum atomic E-state index is 12.8. The van der Waals surface area contributed by atoms with E-state index in [0.717, 1.165) is 5.56 Å². The van der Waals surface area contributed by atoms with Crippen LogP contribution in [0.1, 0.15) is 10.4 Å². The number of hydrogen-bond acceptors (Lipinski definition) is 7. The highest BCUT2D eigenvalue weighted by molar-refractivity contribution is 7.14. The smallest absolute Gasteiger partial charge is 0.261 e. The lowest BCUT2D eigenvalue weighted by molar-refractivity contribution is -0.130. The molecule has 2 aromatic carbocycles. The quantitative estimate of drug-likeness (QED) is 0.575. The Labute approximate surface area is 184 Å². The van der Waals surface area contributed by atoms with Gasteiger partial charge >= 0.3 is 0 Å². The first-order chi connectivity index (χ1) is 14.9. The van der Waals surface area contributed by atoms with Crippen LogP contribution in [0.4, 0.5) is 5.13 Å². The molecule has 0 fully saturated rings. The molecule has 3 aromatic rings. The van der Waals surface area contributed by atoms with Gasteiger partial charge in [-0.15, -0.1) is 11.3 Å². The minimum absolute atomic E-state index is 0.158. The van der Waals surface area contributed by atoms with E-state index in [9.17, 15) is 9.59 Å². The summed E-state index contributed by atoms with van der Waals surface area (Å²) < 4.78 is 16.2. The van der Waals surface area contributed by atoms with E-state index >= 15 is 0 Å². The molecular formula is C22H23N3O5S. The maximum Gasteiger partial charge on any atom is 0.261 e. The Morgan fingerprint density at radius 2 is 1.84 bits per heavy atom. The predicted molar refractivity (Wildman–Crippen MR) is 119 cm³/mol. The third-order valence-electron chi connectivity index (χ3n) is 4.39. The Morgan fingerprint density at radius 1 is 1.06 bits per heavy atom. The van der Waals surface area contributed by atoms with Crippen molar-refractivity contribution in [1.29, 1.82) is 0 Å². The van der Waals surface area contributed by atoms with Gasteiger partial charge in [-0.1, -0.05) is 12.1 Å². The van der Waals surface area contributed by atoms with Gasteiger partial charge in [-0.05, 0) is 30.3 Å². The lowest BCUT2D eigenvalue weighted by Gasteiger charge is -2.13. The van der Waals surface area contributed by atoms with Crippen molar-refractivity contribution in [2.24, 2.45) is 0 Å². The Hall–Kier alpha value is -3.59. The first-order valence-corrected chi connectivity index (χ1v) is 10.2. The molecule has 1 heterocycles. The number of nitrogens with zero attached hydrogens (tertiary/aromatic N) is 2. The van der Waals surface area contributed by atoms with Crippen LogP contribution in [-0.2, 0) is 4.79 Å². The zero-order valence-corrected chi connectivity index (χ0v) is 18.5. The largest absolute Gasteiger partial charge is 0.497 e. The number of anilines is 1. The van der Waals surface area contributed by atoms with Gasteiger partial charge in [0.1, 0.15) is 17.2 Å². The molecule has 1 N–H and O–H groups in total. The van der Waals surface area contributed by atoms with E-state index in [2.05, 4.69) is 10.3 Å². The number of benzene rings is 2. The third-order valence-corrected chi connectivity index (χ3v) is 5.15. The molecule has 31 heavy (non-hydrogen) atoms. The predicted octanol–water partition coefficient (Wildman–Crippen LogP) is 3.55. The Kier molecular flexibility index (Phi) is 7.09. The van der Waals surface area contributed by atoms with Crippen molar-refractivity contribution < 1.29 is 23.8 Å². The summed E-state index contributed by atoms with van der Waals surface area (Å²) in [7, 11) is 6.45. The van der Waals surface area contributed by atoms with E-state index in [0.29, 0.717) is 33.6 Å². The fourth-order valence-electron chi connectivity index (χ4n) is 2.68. The van der Waals surface area contributed by atoms with Crippen LogP contribution >= 0.6 is 11.3 Å². The lowest BCUT2D eigenvalue weighted by atomic mass is 10.1. The molecule has 162 valence electrons. The standard InChI is InChI=1S/C22H23N3O5S/c1-25(2)20(26)12-30-19-8-6-5-7-15(19)21(27)24-22-23-17(13-31-22)16-11-14(28-3)9-10-18(16)29-4/h5-11,13H,12H2,1-4H3,(H,23,24,27). The second-order valence-electron chi connectivity index (χ2n) is 6.63. The van der Waals surface area contributed by atoms with Crippen molar-refractivity contribution in [3.05, 3.63) is 53.4 Å². The van der Waals surface area contributed by atoms with Crippen molar-refractivity contribution in [2.45, 2.75) is 0 Å². The lowest BCUT2D eigenvalue weighted by Crippen LogP contribution is -2.28. The van der Waals surface area contributed by atoms with Gasteiger partial charge in [0.2, 0.25) is 0 Å². The normalized spacial score (nSPS) is 10.3. The molecule has 0 saturated heterocycles. The summed E-state index contributed by atoms with van der Waals surface area (Å²) in [5.41, 5.74) is 1.71. The van der Waals surface area contributed by atoms with Crippen LogP contribution in [0.2, 0.25) is 0 Å². The van der Waals surface area contributed by atoms with Gasteiger partial charge < -0.3 is 19.1 Å². The fourth-order valence-corrected chi connectivity index (χ4v) is 3.39. The summed E-state index contributed by atoms with van der Waals surface area (Å²) in [6.45, 7) is -0.158. The Morgan fingerprint density at radius 3 is 2.55 bits per heavy atom. The monoisotopic (exact) mass is 441 g/mol. The fraction of sp³-hybridized carbons (Fsp3) is 0.227. The highest BCUT2D eigenvalue weighted by Gasteiger charge is 2.17. The van der Waals surface area contributed by atoms with Crippen LogP contribution in [0.5, 0.6) is 17.2 Å². The van der Waals surface area contributed by atoms with Crippen LogP contribution in [-0.4, -0.2) is 56.6 Å². The van der Waals surface area contributed by atoms with Gasteiger partial charge in [0.15, 0.2) is 11.7 Å². The Balaban J connectivity index is 1.78. The molecular weight excluding hydrogens is 418 g/mol. The number of likely N-dealkylation sites (N-methyl/N-ethyl adjacent to an activating group) is 1. The zero-order valence-electron chi connectivity index (χ0n) is 17.7. The number of hydrogen-bond donors (Lipinski definition) is 1. The molecule has 0 aliphatic rings. The van der Waals surface area contributed by atoms with Crippen molar-refractivity contribution >= 4 is 28.3 Å². The molecule has 0 aliphatic carbocycles. The summed E-state index contributed by atoms with van der Waals surface area (Å²) in [5.74, 6) is 1.06. The van der Waals surface area contributed by atoms with Gasteiger partial charge in [0, 0.05) is 25.0 Å². The van der Waals surface area contributed by atoms with Crippen LogP contribution in [0, 0.1) is 0 Å². The Bertz CT molecular complexity index is 1080. The summed E-state index contributed by atoms with van der Waals surface area (Å²) in [6.07, 6.45) is 0. The molecule has 0 bridgehead atoms. The number of aromatic nitrogens is 1. The van der Waals surface area contributed by atoms with Crippen LogP contribution in [0.25, 0.3) is 11.3 Å². The van der Waals surface area contributed by atoms with Crippen molar-refractivity contribution in [3.8, 4) is 28.5 Å². The highest BCUT2D eigenvalue weighted by Crippen LogP contribution is 2.35. The minimum Gasteiger partial charge on any atom is -0.497 e. The van der Waals surface area contributed by atoms with Gasteiger partial charge in [-0.2, -0.15) is 0 Å². The molecule has 0 radical (unpaired) electrons. The number of amides is 2. The van der Waals surface area contributed by atoms with E-state index < -0.39 is 0 Å². The van der Waals surface area contributed by atoms with Crippen LogP contribution < -0.4 is 19.5 Å². The van der Waals surface area contributed by atoms with Gasteiger partial charge in [0.05, 0.1) is 25.5 Å². The summed E-state index contributed by atoms with van der Waals surface area (Å²) in [6, 6.07) is 12.2. The van der Waals surface area contributed by atoms with Gasteiger partial charge in [0.25, 0.3) is 11.8 Å². The number of carbonyl (C=O) groups is 2. The zero-order chi connectivity index (χ0) is 22.4. The molecule has 3 rings (SSSR count). The molecule has 9 heteroatoms. The average Bonchev–Trinajstić information content (AvgIpc) is 3.25. The maximum absolute atomic E-state index is 12.8. The minimum atomic E-state index is -0.383. The number of rotatable bonds is 8. The number of carbonyl (C=O) groups excluding carboxylic acids is 2. The van der Waals surface area contributed by atoms with Crippen molar-refractivity contribution in [3.63, 3.8) is 0 Å². The summed E-state index contributed by atoms with van der Waals surface area (Å²) >= 11 is 1.29. The number of nitrogens with one attached hydrogen (secondary N) is 1. The SMILES string of the molecule is COc1ccc(OC)c(-c2csc(NC(=O)c3ccccc3OCC(=O)N(C)C)n2)c1. The topological polar surface area (TPSA) is 90.0 Å². The number of ether oxygens (including phenoxy) is 3. The van der Waals surface area contributed by atoms with E-state index in [1.54, 1.807) is 64.7 Å². The number of para-hydroxylation sites is 1. The highest BCUT2D eigenvalue weighted by atomic mass is 32.1. The molecule has 8 nitrogen and oxygen atoms in total. The van der Waals surface area contributed by atoms with E-state index in [1.807, 2.05) is 11.4 Å². The molecule has 0 unspecified atom stereocenters. The third kappa shape index (κ3) is 5.32. The molecule has 0 atom stereocenters. The summed E-state index contributed by atoms with van der Waals surface area (Å²) in [4.78, 5) is 30.5. The van der Waals surface area contributed by atoms with Gasteiger partial charge in [-0.3, -0.25) is 14.9 Å². The first-order valence-electron chi connectivity index (χ1n) is 9.34. The second kappa shape index (κ2) is 9.94. The first kappa shape index (κ1) is 22.1. The average molecular weight is 442 g/mol. The van der Waals surface area contributed by atoms with E-state index in [-0.39, 0.29) is 18.4 Å². The molecule has 0 saturated carbocycles. The molecule has 2 amide bonds. The van der Waals surface area contributed by atoms with Gasteiger partial charge in [-0.25, -0.2) is 4.98 Å². The van der Waals surface area contributed by atoms with E-state index in [1.165, 1.54) is 16.2 Å². The number of methoxy groups -OCH3 is 2. The summed E-state index contributed by atoms with van der Waals surface area (Å²) in [5, 5.41) is 5.03. The van der Waals surface area contributed by atoms with Crippen LogP contribution in [0.3, 0.4) is 0 Å². The van der Waals surface area contributed by atoms with Crippen molar-refractivity contribution in [1.82, 2.24) is 9.88 Å².